The molecule has 3 nitrogen and oxygen atoms in total. The molecular weight excluding hydrogens is 306 g/mol. The van der Waals surface area contributed by atoms with E-state index in [1.54, 1.807) is 0 Å². The van der Waals surface area contributed by atoms with Crippen molar-refractivity contribution in [3.63, 3.8) is 0 Å². The van der Waals surface area contributed by atoms with Gasteiger partial charge in [-0.2, -0.15) is 0 Å². The number of carbonyl (C=O) groups excluding carboxylic acids is 1. The van der Waals surface area contributed by atoms with Gasteiger partial charge in [-0.15, -0.1) is 0 Å². The van der Waals surface area contributed by atoms with Crippen LogP contribution in [0.5, 0.6) is 0 Å². The largest absolute Gasteiger partial charge is 0.381 e. The van der Waals surface area contributed by atoms with Gasteiger partial charge >= 0.3 is 0 Å². The third-order valence-electron chi connectivity index (χ3n) is 3.59. The molecule has 0 aromatic heterocycles. The number of carbonyl (C=O) groups is 1. The van der Waals surface area contributed by atoms with Crippen LogP contribution in [-0.4, -0.2) is 37.1 Å². The fourth-order valence-corrected chi connectivity index (χ4v) is 2.81. The van der Waals surface area contributed by atoms with Crippen LogP contribution in [0.15, 0.2) is 22.7 Å². The van der Waals surface area contributed by atoms with Crippen molar-refractivity contribution in [2.24, 2.45) is 5.92 Å². The lowest BCUT2D eigenvalue weighted by molar-refractivity contribution is 0.0730. The van der Waals surface area contributed by atoms with Crippen molar-refractivity contribution in [3.05, 3.63) is 33.8 Å². The van der Waals surface area contributed by atoms with Gasteiger partial charge in [-0.1, -0.05) is 12.1 Å². The van der Waals surface area contributed by atoms with Crippen LogP contribution in [0.4, 0.5) is 0 Å². The Morgan fingerprint density at radius 3 is 2.95 bits per heavy atom. The average molecular weight is 326 g/mol. The van der Waals surface area contributed by atoms with E-state index < -0.39 is 0 Å². The summed E-state index contributed by atoms with van der Waals surface area (Å²) < 4.78 is 6.29. The number of amides is 1. The molecule has 104 valence electrons. The van der Waals surface area contributed by atoms with Gasteiger partial charge in [0.15, 0.2) is 0 Å². The number of benzene rings is 1. The molecule has 1 atom stereocenters. The van der Waals surface area contributed by atoms with Gasteiger partial charge in [-0.3, -0.25) is 4.79 Å². The number of aryl methyl sites for hydroxylation is 1. The fourth-order valence-electron chi connectivity index (χ4n) is 2.38. The van der Waals surface area contributed by atoms with Crippen molar-refractivity contribution in [3.8, 4) is 0 Å². The van der Waals surface area contributed by atoms with Gasteiger partial charge in [0.1, 0.15) is 0 Å². The summed E-state index contributed by atoms with van der Waals surface area (Å²) in [4.78, 5) is 14.5. The molecule has 1 unspecified atom stereocenters. The Bertz CT molecular complexity index is 455. The normalized spacial score (nSPS) is 18.6. The van der Waals surface area contributed by atoms with Gasteiger partial charge in [0.05, 0.1) is 12.2 Å². The van der Waals surface area contributed by atoms with Gasteiger partial charge in [-0.05, 0) is 47.8 Å². The van der Waals surface area contributed by atoms with E-state index in [4.69, 9.17) is 4.74 Å². The molecular formula is C15H20BrNO2. The van der Waals surface area contributed by atoms with Crippen LogP contribution < -0.4 is 0 Å². The molecule has 1 aromatic carbocycles. The lowest BCUT2D eigenvalue weighted by Crippen LogP contribution is -2.35. The highest BCUT2D eigenvalue weighted by Gasteiger charge is 2.23. The lowest BCUT2D eigenvalue weighted by Gasteiger charge is -2.24. The second kappa shape index (κ2) is 6.53. The highest BCUT2D eigenvalue weighted by Crippen LogP contribution is 2.23. The van der Waals surface area contributed by atoms with E-state index in [1.165, 1.54) is 0 Å². The average Bonchev–Trinajstić information content (AvgIpc) is 2.91. The zero-order valence-corrected chi connectivity index (χ0v) is 13.1. The minimum Gasteiger partial charge on any atom is -0.381 e. The smallest absolute Gasteiger partial charge is 0.255 e. The molecule has 0 N–H and O–H groups in total. The van der Waals surface area contributed by atoms with Gasteiger partial charge in [0.2, 0.25) is 0 Å². The molecule has 1 fully saturated rings. The predicted octanol–water partition coefficient (Wildman–Crippen LogP) is 3.26. The zero-order chi connectivity index (χ0) is 13.8. The Kier molecular flexibility index (Phi) is 4.99. The first-order chi connectivity index (χ1) is 9.13. The third-order valence-corrected chi connectivity index (χ3v) is 4.65. The van der Waals surface area contributed by atoms with E-state index in [0.29, 0.717) is 5.92 Å². The molecule has 0 bridgehead atoms. The first-order valence-corrected chi connectivity index (χ1v) is 7.55. The Morgan fingerprint density at radius 1 is 1.53 bits per heavy atom. The SMILES string of the molecule is CCN(CC1CCOC1)C(=O)c1cccc(C)c1Br. The Morgan fingerprint density at radius 2 is 2.32 bits per heavy atom. The van der Waals surface area contributed by atoms with Crippen molar-refractivity contribution in [1.82, 2.24) is 4.90 Å². The van der Waals surface area contributed by atoms with E-state index >= 15 is 0 Å². The van der Waals surface area contributed by atoms with E-state index in [-0.39, 0.29) is 5.91 Å². The van der Waals surface area contributed by atoms with E-state index in [0.717, 1.165) is 48.3 Å². The van der Waals surface area contributed by atoms with Gasteiger partial charge < -0.3 is 9.64 Å². The second-order valence-electron chi connectivity index (χ2n) is 5.01. The Balaban J connectivity index is 2.13. The van der Waals surface area contributed by atoms with Crippen molar-refractivity contribution in [1.29, 1.82) is 0 Å². The quantitative estimate of drug-likeness (QED) is 0.850. The van der Waals surface area contributed by atoms with Crippen molar-refractivity contribution in [2.45, 2.75) is 20.3 Å². The Hall–Kier alpha value is -0.870. The predicted molar refractivity (Wildman–Crippen MR) is 79.4 cm³/mol. The van der Waals surface area contributed by atoms with Gasteiger partial charge in [0, 0.05) is 30.1 Å². The summed E-state index contributed by atoms with van der Waals surface area (Å²) in [5.41, 5.74) is 1.84. The number of nitrogens with zero attached hydrogens (tertiary/aromatic N) is 1. The number of ether oxygens (including phenoxy) is 1. The Labute approximate surface area is 123 Å². The summed E-state index contributed by atoms with van der Waals surface area (Å²) in [6.07, 6.45) is 1.05. The molecule has 19 heavy (non-hydrogen) atoms. The van der Waals surface area contributed by atoms with E-state index in [1.807, 2.05) is 36.9 Å². The molecule has 4 heteroatoms. The molecule has 0 aliphatic carbocycles. The maximum absolute atomic E-state index is 12.6. The highest BCUT2D eigenvalue weighted by atomic mass is 79.9. The summed E-state index contributed by atoms with van der Waals surface area (Å²) in [6.45, 7) is 7.15. The van der Waals surface area contributed by atoms with Crippen LogP contribution in [0, 0.1) is 12.8 Å². The zero-order valence-electron chi connectivity index (χ0n) is 11.5. The first kappa shape index (κ1) is 14.5. The summed E-state index contributed by atoms with van der Waals surface area (Å²) in [7, 11) is 0. The molecule has 1 heterocycles. The first-order valence-electron chi connectivity index (χ1n) is 6.75. The number of hydrogen-bond donors (Lipinski definition) is 0. The number of halogens is 1. The lowest BCUT2D eigenvalue weighted by atomic mass is 10.1. The summed E-state index contributed by atoms with van der Waals surface area (Å²) in [5.74, 6) is 0.581. The number of rotatable bonds is 4. The molecule has 0 radical (unpaired) electrons. The van der Waals surface area contributed by atoms with Crippen LogP contribution >= 0.6 is 15.9 Å². The minimum atomic E-state index is 0.102. The van der Waals surface area contributed by atoms with Crippen molar-refractivity contribution >= 4 is 21.8 Å². The summed E-state index contributed by atoms with van der Waals surface area (Å²) in [5, 5.41) is 0. The van der Waals surface area contributed by atoms with E-state index in [2.05, 4.69) is 15.9 Å². The molecule has 1 aliphatic heterocycles. The third kappa shape index (κ3) is 3.37. The van der Waals surface area contributed by atoms with Crippen LogP contribution in [0.3, 0.4) is 0 Å². The maximum atomic E-state index is 12.6. The highest BCUT2D eigenvalue weighted by molar-refractivity contribution is 9.10. The topological polar surface area (TPSA) is 29.5 Å². The molecule has 2 rings (SSSR count). The van der Waals surface area contributed by atoms with Crippen LogP contribution in [0.2, 0.25) is 0 Å². The van der Waals surface area contributed by atoms with E-state index in [9.17, 15) is 4.79 Å². The van der Waals surface area contributed by atoms with Crippen molar-refractivity contribution < 1.29 is 9.53 Å². The number of hydrogen-bond acceptors (Lipinski definition) is 2. The molecule has 1 aliphatic rings. The minimum absolute atomic E-state index is 0.102. The monoisotopic (exact) mass is 325 g/mol. The van der Waals surface area contributed by atoms with Crippen molar-refractivity contribution in [2.75, 3.05) is 26.3 Å². The molecule has 1 saturated heterocycles. The summed E-state index contributed by atoms with van der Waals surface area (Å²) in [6, 6.07) is 5.81. The molecule has 1 aromatic rings. The maximum Gasteiger partial charge on any atom is 0.255 e. The molecule has 0 spiro atoms. The summed E-state index contributed by atoms with van der Waals surface area (Å²) >= 11 is 3.52. The van der Waals surface area contributed by atoms with Crippen LogP contribution in [0.1, 0.15) is 29.3 Å². The van der Waals surface area contributed by atoms with Gasteiger partial charge in [-0.25, -0.2) is 0 Å². The van der Waals surface area contributed by atoms with Crippen LogP contribution in [0.25, 0.3) is 0 Å². The molecule has 1 amide bonds. The van der Waals surface area contributed by atoms with Crippen LogP contribution in [-0.2, 0) is 4.74 Å². The van der Waals surface area contributed by atoms with Gasteiger partial charge in [0.25, 0.3) is 5.91 Å². The molecule has 0 saturated carbocycles. The standard InChI is InChI=1S/C15H20BrNO2/c1-3-17(9-12-7-8-19-10-12)15(18)13-6-4-5-11(2)14(13)16/h4-6,12H,3,7-10H2,1-2H3. The fraction of sp³-hybridized carbons (Fsp3) is 0.533. The second-order valence-corrected chi connectivity index (χ2v) is 5.80.